The molecule has 0 heterocycles. The van der Waals surface area contributed by atoms with E-state index in [2.05, 4.69) is 81.5 Å². The zero-order valence-electron chi connectivity index (χ0n) is 53.6. The number of unbranched alkanes of at least 4 members (excludes halogenated alkanes) is 44. The molecule has 6 heteroatoms. The van der Waals surface area contributed by atoms with Crippen LogP contribution in [0, 0.1) is 0 Å². The monoisotopic (exact) mass is 1120 g/mol. The van der Waals surface area contributed by atoms with Crippen molar-refractivity contribution in [1.29, 1.82) is 0 Å². The molecule has 0 aromatic carbocycles. The molecule has 0 N–H and O–H groups in total. The Bertz CT molecular complexity index is 1430. The van der Waals surface area contributed by atoms with Gasteiger partial charge in [0.15, 0.2) is 6.10 Å². The maximum atomic E-state index is 12.9. The van der Waals surface area contributed by atoms with Gasteiger partial charge in [0, 0.05) is 19.3 Å². The van der Waals surface area contributed by atoms with Gasteiger partial charge in [-0.1, -0.05) is 351 Å². The minimum atomic E-state index is -0.790. The third kappa shape index (κ3) is 65.9. The quantitative estimate of drug-likeness (QED) is 0.0261. The number of carbonyl (C=O) groups is 3. The van der Waals surface area contributed by atoms with Crippen molar-refractivity contribution < 1.29 is 28.6 Å². The van der Waals surface area contributed by atoms with E-state index in [-0.39, 0.29) is 31.1 Å². The highest BCUT2D eigenvalue weighted by molar-refractivity contribution is 5.71. The molecule has 0 amide bonds. The molecule has 0 aliphatic heterocycles. The Morgan fingerprint density at radius 2 is 0.487 bits per heavy atom. The fourth-order valence-corrected chi connectivity index (χ4v) is 10.5. The van der Waals surface area contributed by atoms with Crippen LogP contribution < -0.4 is 0 Å². The second-order valence-electron chi connectivity index (χ2n) is 23.8. The molecular formula is C74H134O6. The summed E-state index contributed by atoms with van der Waals surface area (Å²) in [6.45, 7) is 6.55. The Morgan fingerprint density at radius 3 is 0.762 bits per heavy atom. The zero-order valence-corrected chi connectivity index (χ0v) is 53.6. The van der Waals surface area contributed by atoms with Crippen LogP contribution in [0.4, 0.5) is 0 Å². The molecule has 0 radical (unpaired) electrons. The lowest BCUT2D eigenvalue weighted by Gasteiger charge is -2.18. The van der Waals surface area contributed by atoms with E-state index >= 15 is 0 Å². The fourth-order valence-electron chi connectivity index (χ4n) is 10.5. The van der Waals surface area contributed by atoms with Crippen LogP contribution in [-0.2, 0) is 28.6 Å². The first kappa shape index (κ1) is 77.1. The maximum Gasteiger partial charge on any atom is 0.306 e. The van der Waals surface area contributed by atoms with Gasteiger partial charge < -0.3 is 14.2 Å². The summed E-state index contributed by atoms with van der Waals surface area (Å²) in [7, 11) is 0. The molecule has 0 bridgehead atoms. The van der Waals surface area contributed by atoms with Gasteiger partial charge in [-0.2, -0.15) is 0 Å². The van der Waals surface area contributed by atoms with Crippen molar-refractivity contribution >= 4 is 17.9 Å². The summed E-state index contributed by atoms with van der Waals surface area (Å²) in [5.74, 6) is -0.894. The van der Waals surface area contributed by atoms with E-state index in [1.807, 2.05) is 0 Å². The first-order valence-corrected chi connectivity index (χ1v) is 35.3. The molecule has 80 heavy (non-hydrogen) atoms. The number of esters is 3. The number of hydrogen-bond donors (Lipinski definition) is 0. The summed E-state index contributed by atoms with van der Waals surface area (Å²) >= 11 is 0. The van der Waals surface area contributed by atoms with Crippen molar-refractivity contribution in [3.05, 3.63) is 60.8 Å². The number of rotatable bonds is 65. The minimum absolute atomic E-state index is 0.0832. The predicted octanol–water partition coefficient (Wildman–Crippen LogP) is 24.3. The van der Waals surface area contributed by atoms with Crippen molar-refractivity contribution in [2.24, 2.45) is 0 Å². The normalized spacial score (nSPS) is 12.4. The molecule has 1 unspecified atom stereocenters. The molecule has 466 valence electrons. The minimum Gasteiger partial charge on any atom is -0.462 e. The SMILES string of the molecule is CC/C=C\C/C=C\C/C=C\C/C=C\C/C=C\CCCCCC(=O)OC(COC(=O)CCCCCCCCCCCCCC)COC(=O)CCCCCCCCCCCCCCCCCCCCCCCCCCCCCCCCC. The van der Waals surface area contributed by atoms with Gasteiger partial charge >= 0.3 is 17.9 Å². The van der Waals surface area contributed by atoms with Gasteiger partial charge in [0.1, 0.15) is 13.2 Å². The molecule has 0 fully saturated rings. The van der Waals surface area contributed by atoms with Crippen molar-refractivity contribution in [3.63, 3.8) is 0 Å². The molecule has 0 saturated heterocycles. The van der Waals surface area contributed by atoms with Crippen molar-refractivity contribution in [3.8, 4) is 0 Å². The average Bonchev–Trinajstić information content (AvgIpc) is 3.46. The van der Waals surface area contributed by atoms with Crippen molar-refractivity contribution in [1.82, 2.24) is 0 Å². The van der Waals surface area contributed by atoms with Gasteiger partial charge in [-0.25, -0.2) is 0 Å². The maximum absolute atomic E-state index is 12.9. The van der Waals surface area contributed by atoms with Crippen LogP contribution in [0.2, 0.25) is 0 Å². The van der Waals surface area contributed by atoms with E-state index in [1.54, 1.807) is 0 Å². The van der Waals surface area contributed by atoms with Crippen molar-refractivity contribution in [2.75, 3.05) is 13.2 Å². The van der Waals surface area contributed by atoms with Gasteiger partial charge in [0.05, 0.1) is 0 Å². The second-order valence-corrected chi connectivity index (χ2v) is 23.8. The summed E-state index contributed by atoms with van der Waals surface area (Å²) in [4.78, 5) is 38.3. The average molecular weight is 1120 g/mol. The summed E-state index contributed by atoms with van der Waals surface area (Å²) in [6.07, 6.45) is 88.4. The molecule has 0 spiro atoms. The Morgan fingerprint density at radius 1 is 0.263 bits per heavy atom. The molecule has 0 rings (SSSR count). The second kappa shape index (κ2) is 68.6. The van der Waals surface area contributed by atoms with E-state index in [0.29, 0.717) is 19.3 Å². The van der Waals surface area contributed by atoms with E-state index in [1.165, 1.54) is 238 Å². The Hall–Kier alpha value is -2.89. The standard InChI is InChI=1S/C74H134O6/c1-4-7-10-13-16-19-22-25-27-29-31-32-33-34-35-36-37-38-39-40-41-42-44-45-47-49-52-55-58-61-64-67-73(76)79-70-71(69-78-72(75)66-63-60-57-54-51-24-21-18-15-12-9-6-3)80-74(77)68-65-62-59-56-53-50-48-46-43-30-28-26-23-20-17-14-11-8-5-2/h8,11,17,20,26,28,43,46,50,53,71H,4-7,9-10,12-16,18-19,21-25,27,29-42,44-45,47-49,51-52,54-70H2,1-3H3/b11-8-,20-17-,28-26-,46-43-,53-50-. The molecule has 0 aliphatic rings. The third-order valence-electron chi connectivity index (χ3n) is 15.8. The Labute approximate surface area is 498 Å². The van der Waals surface area contributed by atoms with Crippen LogP contribution in [0.15, 0.2) is 60.8 Å². The lowest BCUT2D eigenvalue weighted by molar-refractivity contribution is -0.167. The van der Waals surface area contributed by atoms with Gasteiger partial charge in [0.2, 0.25) is 0 Å². The highest BCUT2D eigenvalue weighted by Crippen LogP contribution is 2.19. The van der Waals surface area contributed by atoms with E-state index < -0.39 is 6.10 Å². The van der Waals surface area contributed by atoms with Crippen LogP contribution in [0.3, 0.4) is 0 Å². The van der Waals surface area contributed by atoms with Crippen LogP contribution in [0.5, 0.6) is 0 Å². The molecule has 0 aromatic heterocycles. The first-order valence-electron chi connectivity index (χ1n) is 35.3. The first-order chi connectivity index (χ1) is 39.5. The Kier molecular flexibility index (Phi) is 66.1. The topological polar surface area (TPSA) is 78.9 Å². The largest absolute Gasteiger partial charge is 0.462 e. The lowest BCUT2D eigenvalue weighted by Crippen LogP contribution is -2.30. The van der Waals surface area contributed by atoms with E-state index in [9.17, 15) is 14.4 Å². The molecule has 0 aromatic rings. The number of ether oxygens (including phenoxy) is 3. The van der Waals surface area contributed by atoms with Crippen molar-refractivity contribution in [2.45, 2.75) is 380 Å². The predicted molar refractivity (Wildman–Crippen MR) is 348 cm³/mol. The molecule has 0 aliphatic carbocycles. The smallest absolute Gasteiger partial charge is 0.306 e. The van der Waals surface area contributed by atoms with Crippen LogP contribution in [-0.4, -0.2) is 37.2 Å². The molecular weight excluding hydrogens is 985 g/mol. The molecule has 6 nitrogen and oxygen atoms in total. The number of hydrogen-bond acceptors (Lipinski definition) is 6. The highest BCUT2D eigenvalue weighted by atomic mass is 16.6. The van der Waals surface area contributed by atoms with Gasteiger partial charge in [-0.05, 0) is 64.2 Å². The van der Waals surface area contributed by atoms with Crippen LogP contribution in [0.25, 0.3) is 0 Å². The van der Waals surface area contributed by atoms with Gasteiger partial charge in [-0.15, -0.1) is 0 Å². The van der Waals surface area contributed by atoms with Gasteiger partial charge in [0.25, 0.3) is 0 Å². The number of carbonyl (C=O) groups excluding carboxylic acids is 3. The summed E-state index contributed by atoms with van der Waals surface area (Å²) < 4.78 is 16.9. The molecule has 0 saturated carbocycles. The van der Waals surface area contributed by atoms with E-state index in [4.69, 9.17) is 14.2 Å². The highest BCUT2D eigenvalue weighted by Gasteiger charge is 2.19. The van der Waals surface area contributed by atoms with Crippen LogP contribution in [0.1, 0.15) is 374 Å². The summed E-state index contributed by atoms with van der Waals surface area (Å²) in [5, 5.41) is 0. The summed E-state index contributed by atoms with van der Waals surface area (Å²) in [6, 6.07) is 0. The zero-order chi connectivity index (χ0) is 57.8. The van der Waals surface area contributed by atoms with E-state index in [0.717, 1.165) is 96.3 Å². The van der Waals surface area contributed by atoms with Crippen LogP contribution >= 0.6 is 0 Å². The fraction of sp³-hybridized carbons (Fsp3) is 0.824. The van der Waals surface area contributed by atoms with Gasteiger partial charge in [-0.3, -0.25) is 14.4 Å². The lowest BCUT2D eigenvalue weighted by atomic mass is 10.0. The Balaban J connectivity index is 4.17. The summed E-state index contributed by atoms with van der Waals surface area (Å²) in [5.41, 5.74) is 0. The molecule has 1 atom stereocenters. The third-order valence-corrected chi connectivity index (χ3v) is 15.8. The number of allylic oxidation sites excluding steroid dienone is 10.